The van der Waals surface area contributed by atoms with Crippen molar-refractivity contribution in [2.45, 2.75) is 26.5 Å². The number of fused-ring (bicyclic) bond motifs is 1. The Morgan fingerprint density at radius 2 is 1.75 bits per heavy atom. The Morgan fingerprint density at radius 3 is 2.45 bits per heavy atom. The van der Waals surface area contributed by atoms with Gasteiger partial charge in [0.25, 0.3) is 5.56 Å². The molecule has 8 nitrogen and oxygen atoms in total. The molecule has 0 saturated heterocycles. The van der Waals surface area contributed by atoms with E-state index in [4.69, 9.17) is 30.5 Å². The molecule has 0 saturated carbocycles. The van der Waals surface area contributed by atoms with Crippen LogP contribution in [-0.4, -0.2) is 30.9 Å². The van der Waals surface area contributed by atoms with Crippen LogP contribution in [0, 0.1) is 7.14 Å². The summed E-state index contributed by atoms with van der Waals surface area (Å²) in [6.07, 6.45) is 3.28. The first kappa shape index (κ1) is 32.5. The molecule has 0 unspecified atom stereocenters. The largest absolute Gasteiger partial charge is 0.490 e. The highest BCUT2D eigenvalue weighted by Crippen LogP contribution is 2.35. The van der Waals surface area contributed by atoms with E-state index in [0.29, 0.717) is 57.0 Å². The van der Waals surface area contributed by atoms with Crippen LogP contribution >= 0.6 is 68.1 Å². The molecule has 12 heteroatoms. The number of nitrogens with zero attached hydrogens (tertiary/aromatic N) is 2. The van der Waals surface area contributed by atoms with Crippen LogP contribution in [0.5, 0.6) is 17.2 Å². The molecular formula is C32H27ClI2N2O6S. The molecule has 0 bridgehead atoms. The lowest BCUT2D eigenvalue weighted by Gasteiger charge is -2.23. The number of methoxy groups -OCH3 is 1. The second-order valence-corrected chi connectivity index (χ2v) is 13.3. The summed E-state index contributed by atoms with van der Waals surface area (Å²) in [5.41, 5.74) is 2.31. The Bertz CT molecular complexity index is 1920. The Balaban J connectivity index is 1.62. The molecule has 0 spiro atoms. The third kappa shape index (κ3) is 7.00. The number of thiazole rings is 1. The number of ether oxygens (including phenoxy) is 4. The number of esters is 1. The minimum atomic E-state index is -0.785. The van der Waals surface area contributed by atoms with E-state index in [1.807, 2.05) is 62.4 Å². The van der Waals surface area contributed by atoms with E-state index >= 15 is 0 Å². The molecule has 4 aromatic rings. The summed E-state index contributed by atoms with van der Waals surface area (Å²) in [7, 11) is 1.30. The van der Waals surface area contributed by atoms with Gasteiger partial charge in [-0.25, -0.2) is 9.79 Å². The van der Waals surface area contributed by atoms with Gasteiger partial charge in [0.1, 0.15) is 12.4 Å². The normalized spacial score (nSPS) is 14.4. The van der Waals surface area contributed by atoms with Crippen molar-refractivity contribution in [3.05, 3.63) is 115 Å². The third-order valence-corrected chi connectivity index (χ3v) is 9.30. The van der Waals surface area contributed by atoms with Crippen LogP contribution < -0.4 is 29.1 Å². The standard InChI is InChI=1S/C32H27ClI2N2O6S/c1-4-41-25-11-8-19(13-26(25)42-5-2)28-23(31(39)40-3)16-36-32-37(28)30(38)27(44-32)14-20-12-22(34)15-24(35)29(20)43-17-18-6-9-21(33)10-7-18/h6-16,28H,4-5,17H2,1-3H3/b27-14+/t28-/m0/s1. The average Bonchev–Trinajstić information content (AvgIpc) is 3.32. The first-order chi connectivity index (χ1) is 21.2. The summed E-state index contributed by atoms with van der Waals surface area (Å²) in [6.45, 7) is 4.99. The predicted octanol–water partition coefficient (Wildman–Crippen LogP) is 6.26. The summed E-state index contributed by atoms with van der Waals surface area (Å²) in [5, 5.41) is 0.654. The molecule has 1 aliphatic rings. The quantitative estimate of drug-likeness (QED) is 0.139. The van der Waals surface area contributed by atoms with Gasteiger partial charge in [0.15, 0.2) is 16.3 Å². The molecule has 1 aromatic heterocycles. The highest BCUT2D eigenvalue weighted by molar-refractivity contribution is 14.1. The van der Waals surface area contributed by atoms with E-state index in [-0.39, 0.29) is 11.1 Å². The molecule has 0 fully saturated rings. The number of hydrogen-bond donors (Lipinski definition) is 0. The lowest BCUT2D eigenvalue weighted by atomic mass is 9.97. The second-order valence-electron chi connectivity index (χ2n) is 9.47. The van der Waals surface area contributed by atoms with E-state index in [1.165, 1.54) is 29.2 Å². The summed E-state index contributed by atoms with van der Waals surface area (Å²) >= 11 is 11.8. The first-order valence-corrected chi connectivity index (χ1v) is 16.9. The lowest BCUT2D eigenvalue weighted by molar-refractivity contribution is -0.136. The molecule has 228 valence electrons. The van der Waals surface area contributed by atoms with E-state index in [1.54, 1.807) is 12.1 Å². The Kier molecular flexibility index (Phi) is 10.7. The molecule has 5 rings (SSSR count). The van der Waals surface area contributed by atoms with Gasteiger partial charge in [-0.3, -0.25) is 9.36 Å². The van der Waals surface area contributed by atoms with Crippen LogP contribution in [0.1, 0.15) is 36.6 Å². The van der Waals surface area contributed by atoms with Crippen molar-refractivity contribution in [2.75, 3.05) is 20.3 Å². The lowest BCUT2D eigenvalue weighted by Crippen LogP contribution is -2.39. The number of aromatic nitrogens is 1. The van der Waals surface area contributed by atoms with Crippen molar-refractivity contribution in [1.82, 2.24) is 4.57 Å². The molecule has 3 aromatic carbocycles. The van der Waals surface area contributed by atoms with Gasteiger partial charge < -0.3 is 18.9 Å². The van der Waals surface area contributed by atoms with Crippen molar-refractivity contribution < 1.29 is 23.7 Å². The van der Waals surface area contributed by atoms with Crippen molar-refractivity contribution >= 4 is 80.2 Å². The summed E-state index contributed by atoms with van der Waals surface area (Å²) in [6, 6.07) is 16.1. The fraction of sp³-hybridized carbons (Fsp3) is 0.219. The highest BCUT2D eigenvalue weighted by atomic mass is 127. The molecule has 1 aliphatic heterocycles. The number of rotatable bonds is 10. The predicted molar refractivity (Wildman–Crippen MR) is 188 cm³/mol. The van der Waals surface area contributed by atoms with Crippen molar-refractivity contribution in [3.63, 3.8) is 0 Å². The van der Waals surface area contributed by atoms with Crippen LogP contribution in [0.2, 0.25) is 5.02 Å². The van der Waals surface area contributed by atoms with Crippen LogP contribution in [0.15, 0.2) is 76.2 Å². The van der Waals surface area contributed by atoms with Gasteiger partial charge in [0, 0.05) is 20.4 Å². The SMILES string of the molecule is CCOc1ccc([C@H]2C(C(=O)OC)=CN=c3s/c(=C/c4cc(I)cc(I)c4OCc4ccc(Cl)cc4)c(=O)n32)cc1OCC. The summed E-state index contributed by atoms with van der Waals surface area (Å²) in [5.74, 6) is 1.18. The number of carbonyl (C=O) groups excluding carboxylic acids is 1. The number of halogens is 3. The van der Waals surface area contributed by atoms with Crippen LogP contribution in [-0.2, 0) is 16.1 Å². The maximum Gasteiger partial charge on any atom is 0.337 e. The van der Waals surface area contributed by atoms with Gasteiger partial charge in [0.05, 0.1) is 40.0 Å². The topological polar surface area (TPSA) is 88.4 Å². The van der Waals surface area contributed by atoms with E-state index in [0.717, 1.165) is 18.3 Å². The van der Waals surface area contributed by atoms with Crippen molar-refractivity contribution in [1.29, 1.82) is 0 Å². The molecular weight excluding hydrogens is 830 g/mol. The average molecular weight is 857 g/mol. The van der Waals surface area contributed by atoms with Gasteiger partial charge in [-0.15, -0.1) is 0 Å². The smallest absolute Gasteiger partial charge is 0.337 e. The van der Waals surface area contributed by atoms with Crippen molar-refractivity contribution in [3.8, 4) is 17.2 Å². The zero-order chi connectivity index (χ0) is 31.4. The molecule has 0 radical (unpaired) electrons. The van der Waals surface area contributed by atoms with Gasteiger partial charge in [-0.1, -0.05) is 41.1 Å². The fourth-order valence-electron chi connectivity index (χ4n) is 4.70. The minimum Gasteiger partial charge on any atom is -0.490 e. The Morgan fingerprint density at radius 1 is 1.02 bits per heavy atom. The van der Waals surface area contributed by atoms with Gasteiger partial charge >= 0.3 is 5.97 Å². The third-order valence-electron chi connectivity index (χ3n) is 6.63. The molecule has 1 atom stereocenters. The van der Waals surface area contributed by atoms with Gasteiger partial charge in [-0.05, 0) is 113 Å². The zero-order valence-corrected chi connectivity index (χ0v) is 29.8. The Hall–Kier alpha value is -2.88. The summed E-state index contributed by atoms with van der Waals surface area (Å²) < 4.78 is 26.8. The van der Waals surface area contributed by atoms with Crippen LogP contribution in [0.25, 0.3) is 6.08 Å². The van der Waals surface area contributed by atoms with E-state index in [2.05, 4.69) is 50.2 Å². The maximum absolute atomic E-state index is 14.1. The van der Waals surface area contributed by atoms with Gasteiger partial charge in [0.2, 0.25) is 0 Å². The van der Waals surface area contributed by atoms with E-state index in [9.17, 15) is 9.59 Å². The minimum absolute atomic E-state index is 0.230. The zero-order valence-electron chi connectivity index (χ0n) is 23.9. The number of hydrogen-bond acceptors (Lipinski definition) is 8. The molecule has 2 heterocycles. The monoisotopic (exact) mass is 856 g/mol. The van der Waals surface area contributed by atoms with E-state index < -0.39 is 12.0 Å². The van der Waals surface area contributed by atoms with Crippen LogP contribution in [0.3, 0.4) is 0 Å². The Labute approximate surface area is 290 Å². The fourth-order valence-corrected chi connectivity index (χ4v) is 7.84. The highest BCUT2D eigenvalue weighted by Gasteiger charge is 2.31. The number of benzene rings is 3. The van der Waals surface area contributed by atoms with Gasteiger partial charge in [-0.2, -0.15) is 0 Å². The molecule has 0 amide bonds. The summed E-state index contributed by atoms with van der Waals surface area (Å²) in [4.78, 5) is 32.0. The van der Waals surface area contributed by atoms with Crippen LogP contribution in [0.4, 0.5) is 0 Å². The second kappa shape index (κ2) is 14.5. The molecule has 44 heavy (non-hydrogen) atoms. The molecule has 0 N–H and O–H groups in total. The maximum atomic E-state index is 14.1. The number of carbonyl (C=O) groups is 1. The first-order valence-electron chi connectivity index (χ1n) is 13.6. The molecule has 0 aliphatic carbocycles. The van der Waals surface area contributed by atoms with Crippen molar-refractivity contribution in [2.24, 2.45) is 4.99 Å².